The summed E-state index contributed by atoms with van der Waals surface area (Å²) in [6, 6.07) is 3.23. The highest BCUT2D eigenvalue weighted by atomic mass is 19.4. The van der Waals surface area contributed by atoms with Gasteiger partial charge in [-0.15, -0.1) is 0 Å². The van der Waals surface area contributed by atoms with Crippen LogP contribution in [0.2, 0.25) is 0 Å². The fourth-order valence-corrected chi connectivity index (χ4v) is 1.70. The Morgan fingerprint density at radius 3 is 2.52 bits per heavy atom. The van der Waals surface area contributed by atoms with Gasteiger partial charge in [-0.1, -0.05) is 13.8 Å². The highest BCUT2D eigenvalue weighted by Gasteiger charge is 2.26. The predicted molar refractivity (Wildman–Crippen MR) is 75.5 cm³/mol. The lowest BCUT2D eigenvalue weighted by atomic mass is 10.1. The summed E-state index contributed by atoms with van der Waals surface area (Å²) < 4.78 is 36.0. The van der Waals surface area contributed by atoms with E-state index in [0.29, 0.717) is 11.4 Å². The highest BCUT2D eigenvalue weighted by Crippen LogP contribution is 2.21. The van der Waals surface area contributed by atoms with Crippen LogP contribution >= 0.6 is 0 Å². The molecule has 0 aromatic carbocycles. The van der Waals surface area contributed by atoms with Crippen molar-refractivity contribution in [3.8, 4) is 0 Å². The van der Waals surface area contributed by atoms with Crippen molar-refractivity contribution in [2.75, 3.05) is 18.9 Å². The molecule has 0 spiro atoms. The molecule has 118 valence electrons. The van der Waals surface area contributed by atoms with Gasteiger partial charge in [0.05, 0.1) is 0 Å². The van der Waals surface area contributed by atoms with Crippen molar-refractivity contribution in [3.05, 3.63) is 23.4 Å². The van der Waals surface area contributed by atoms with Gasteiger partial charge < -0.3 is 10.6 Å². The highest BCUT2D eigenvalue weighted by molar-refractivity contribution is 5.95. The first kappa shape index (κ1) is 17.3. The Bertz CT molecular complexity index is 487. The van der Waals surface area contributed by atoms with E-state index in [9.17, 15) is 18.0 Å². The van der Waals surface area contributed by atoms with Crippen LogP contribution in [0.4, 0.5) is 19.0 Å². The molecule has 0 fully saturated rings. The van der Waals surface area contributed by atoms with Crippen LogP contribution in [0.3, 0.4) is 0 Å². The lowest BCUT2D eigenvalue weighted by Gasteiger charge is -2.11. The molecule has 2 N–H and O–H groups in total. The number of aromatic nitrogens is 1. The van der Waals surface area contributed by atoms with Gasteiger partial charge in [-0.2, -0.15) is 13.2 Å². The molecule has 0 unspecified atom stereocenters. The Kier molecular flexibility index (Phi) is 5.99. The zero-order chi connectivity index (χ0) is 16.0. The number of nitrogens with one attached hydrogen (secondary N) is 2. The summed E-state index contributed by atoms with van der Waals surface area (Å²) in [7, 11) is 1.69. The van der Waals surface area contributed by atoms with E-state index in [1.807, 2.05) is 13.8 Å². The first-order chi connectivity index (χ1) is 9.73. The molecule has 1 aromatic rings. The first-order valence-corrected chi connectivity index (χ1v) is 6.77. The molecule has 0 aliphatic carbocycles. The van der Waals surface area contributed by atoms with Gasteiger partial charge in [0.25, 0.3) is 5.91 Å². The van der Waals surface area contributed by atoms with E-state index < -0.39 is 18.5 Å². The van der Waals surface area contributed by atoms with Crippen LogP contribution in [-0.4, -0.2) is 30.7 Å². The smallest absolute Gasteiger partial charge is 0.373 e. The number of hydrogen-bond acceptors (Lipinski definition) is 3. The number of carbonyl (C=O) groups excluding carboxylic acids is 1. The van der Waals surface area contributed by atoms with Crippen molar-refractivity contribution >= 4 is 11.7 Å². The average molecular weight is 303 g/mol. The van der Waals surface area contributed by atoms with Crippen LogP contribution in [0.1, 0.15) is 48.7 Å². The molecule has 4 nitrogen and oxygen atoms in total. The standard InChI is InChI=1S/C14H20F3N3O/c1-9(2)11-7-10(8-12(18-3)20-11)13(21)19-6-4-5-14(15,16)17/h7-9H,4-6H2,1-3H3,(H,18,20)(H,19,21). The summed E-state index contributed by atoms with van der Waals surface area (Å²) in [6.07, 6.45) is -5.22. The molecule has 1 aromatic heterocycles. The van der Waals surface area contributed by atoms with Gasteiger partial charge in [0, 0.05) is 31.3 Å². The van der Waals surface area contributed by atoms with Crippen molar-refractivity contribution in [3.63, 3.8) is 0 Å². The molecule has 0 saturated carbocycles. The van der Waals surface area contributed by atoms with Crippen LogP contribution in [0.5, 0.6) is 0 Å². The predicted octanol–water partition coefficient (Wildman–Crippen LogP) is 3.32. The second kappa shape index (κ2) is 7.28. The number of anilines is 1. The summed E-state index contributed by atoms with van der Waals surface area (Å²) in [5, 5.41) is 5.36. The van der Waals surface area contributed by atoms with Gasteiger partial charge in [-0.3, -0.25) is 4.79 Å². The molecule has 1 heterocycles. The third kappa shape index (κ3) is 6.01. The molecule has 0 saturated heterocycles. The van der Waals surface area contributed by atoms with E-state index in [1.54, 1.807) is 19.2 Å². The number of rotatable bonds is 6. The molecule has 1 rings (SSSR count). The largest absolute Gasteiger partial charge is 0.389 e. The van der Waals surface area contributed by atoms with Crippen LogP contribution < -0.4 is 10.6 Å². The van der Waals surface area contributed by atoms with E-state index in [2.05, 4.69) is 15.6 Å². The second-order valence-electron chi connectivity index (χ2n) is 5.05. The molecule has 0 radical (unpaired) electrons. The zero-order valence-electron chi connectivity index (χ0n) is 12.3. The van der Waals surface area contributed by atoms with E-state index >= 15 is 0 Å². The number of hydrogen-bond donors (Lipinski definition) is 2. The van der Waals surface area contributed by atoms with E-state index in [-0.39, 0.29) is 18.9 Å². The van der Waals surface area contributed by atoms with Crippen molar-refractivity contribution in [1.82, 2.24) is 10.3 Å². The number of halogens is 3. The van der Waals surface area contributed by atoms with E-state index in [1.165, 1.54) is 0 Å². The summed E-state index contributed by atoms with van der Waals surface area (Å²) in [6.45, 7) is 3.89. The Labute approximate surface area is 122 Å². The molecular formula is C14H20F3N3O. The van der Waals surface area contributed by atoms with E-state index in [4.69, 9.17) is 0 Å². The van der Waals surface area contributed by atoms with Gasteiger partial charge in [-0.05, 0) is 24.5 Å². The zero-order valence-corrected chi connectivity index (χ0v) is 12.3. The number of amides is 1. The summed E-state index contributed by atoms with van der Waals surface area (Å²) in [4.78, 5) is 16.3. The van der Waals surface area contributed by atoms with Crippen molar-refractivity contribution in [1.29, 1.82) is 0 Å². The van der Waals surface area contributed by atoms with Gasteiger partial charge >= 0.3 is 6.18 Å². The minimum atomic E-state index is -4.19. The average Bonchev–Trinajstić information content (AvgIpc) is 2.41. The lowest BCUT2D eigenvalue weighted by Crippen LogP contribution is -2.26. The molecule has 0 atom stereocenters. The second-order valence-corrected chi connectivity index (χ2v) is 5.05. The minimum Gasteiger partial charge on any atom is -0.373 e. The maximum absolute atomic E-state index is 12.0. The van der Waals surface area contributed by atoms with Crippen molar-refractivity contribution < 1.29 is 18.0 Å². The number of carbonyl (C=O) groups is 1. The molecule has 21 heavy (non-hydrogen) atoms. The van der Waals surface area contributed by atoms with E-state index in [0.717, 1.165) is 5.69 Å². The Balaban J connectivity index is 2.67. The van der Waals surface area contributed by atoms with Crippen molar-refractivity contribution in [2.24, 2.45) is 0 Å². The molecule has 1 amide bonds. The van der Waals surface area contributed by atoms with Gasteiger partial charge in [-0.25, -0.2) is 4.98 Å². The summed E-state index contributed by atoms with van der Waals surface area (Å²) >= 11 is 0. The maximum Gasteiger partial charge on any atom is 0.389 e. The van der Waals surface area contributed by atoms with Crippen LogP contribution in [0.25, 0.3) is 0 Å². The van der Waals surface area contributed by atoms with Crippen molar-refractivity contribution in [2.45, 2.75) is 38.8 Å². The van der Waals surface area contributed by atoms with Gasteiger partial charge in [0.2, 0.25) is 0 Å². The first-order valence-electron chi connectivity index (χ1n) is 6.77. The Hall–Kier alpha value is -1.79. The van der Waals surface area contributed by atoms with Gasteiger partial charge in [0.15, 0.2) is 0 Å². The molecule has 0 aliphatic heterocycles. The Morgan fingerprint density at radius 2 is 2.00 bits per heavy atom. The van der Waals surface area contributed by atoms with Crippen LogP contribution in [0, 0.1) is 0 Å². The minimum absolute atomic E-state index is 0.00738. The monoisotopic (exact) mass is 303 g/mol. The molecule has 0 bridgehead atoms. The fourth-order valence-electron chi connectivity index (χ4n) is 1.70. The number of alkyl halides is 3. The maximum atomic E-state index is 12.0. The topological polar surface area (TPSA) is 54.0 Å². The lowest BCUT2D eigenvalue weighted by molar-refractivity contribution is -0.135. The fraction of sp³-hybridized carbons (Fsp3) is 0.571. The van der Waals surface area contributed by atoms with Crippen LogP contribution in [0.15, 0.2) is 12.1 Å². The van der Waals surface area contributed by atoms with Crippen LogP contribution in [-0.2, 0) is 0 Å². The molecule has 7 heteroatoms. The summed E-state index contributed by atoms with van der Waals surface area (Å²) in [5.74, 6) is 0.315. The quantitative estimate of drug-likeness (QED) is 0.793. The SMILES string of the molecule is CNc1cc(C(=O)NCCCC(F)(F)F)cc(C(C)C)n1. The normalized spacial score (nSPS) is 11.6. The number of pyridine rings is 1. The molecule has 0 aliphatic rings. The third-order valence-corrected chi connectivity index (χ3v) is 2.88. The Morgan fingerprint density at radius 1 is 1.33 bits per heavy atom. The molecular weight excluding hydrogens is 283 g/mol. The van der Waals surface area contributed by atoms with Gasteiger partial charge in [0.1, 0.15) is 5.82 Å². The number of nitrogens with zero attached hydrogens (tertiary/aromatic N) is 1. The third-order valence-electron chi connectivity index (χ3n) is 2.88. The summed E-state index contributed by atoms with van der Waals surface area (Å²) in [5.41, 5.74) is 1.15.